The topological polar surface area (TPSA) is 114 Å². The van der Waals surface area contributed by atoms with Crippen molar-refractivity contribution < 1.29 is 22.7 Å². The monoisotopic (exact) mass is 555 g/mol. The van der Waals surface area contributed by atoms with Gasteiger partial charge in [-0.25, -0.2) is 17.4 Å². The Balaban J connectivity index is 1.61. The van der Waals surface area contributed by atoms with Crippen molar-refractivity contribution in [1.82, 2.24) is 8.96 Å². The highest BCUT2D eigenvalue weighted by Gasteiger charge is 2.22. The van der Waals surface area contributed by atoms with Crippen molar-refractivity contribution in [3.63, 3.8) is 0 Å². The van der Waals surface area contributed by atoms with Crippen LogP contribution in [0, 0.1) is 6.92 Å². The molecule has 8 nitrogen and oxygen atoms in total. The van der Waals surface area contributed by atoms with E-state index >= 15 is 0 Å². The summed E-state index contributed by atoms with van der Waals surface area (Å²) in [7, 11) is -2.58. The molecule has 204 valence electrons. The Morgan fingerprint density at radius 2 is 1.75 bits per heavy atom. The number of aromatic nitrogens is 2. The van der Waals surface area contributed by atoms with Crippen LogP contribution >= 0.6 is 0 Å². The van der Waals surface area contributed by atoms with Crippen LogP contribution in [0.2, 0.25) is 0 Å². The molecule has 9 heteroatoms. The lowest BCUT2D eigenvalue weighted by molar-refractivity contribution is -0.139. The Morgan fingerprint density at radius 1 is 0.975 bits per heavy atom. The molecule has 0 atom stereocenters. The van der Waals surface area contributed by atoms with E-state index in [4.69, 9.17) is 20.2 Å². The number of aryl methyl sites for hydroxylation is 1. The van der Waals surface area contributed by atoms with Gasteiger partial charge in [0.2, 0.25) is 0 Å². The molecule has 2 aromatic heterocycles. The van der Waals surface area contributed by atoms with E-state index < -0.39 is 10.0 Å². The minimum absolute atomic E-state index is 0.0491. The molecule has 0 aliphatic carbocycles. The number of nitrogens with zero attached hydrogens (tertiary/aromatic N) is 2. The number of fused-ring (bicyclic) bond motifs is 1. The maximum atomic E-state index is 13.7. The van der Waals surface area contributed by atoms with Gasteiger partial charge < -0.3 is 15.2 Å². The number of rotatable bonds is 9. The van der Waals surface area contributed by atoms with Gasteiger partial charge in [-0.1, -0.05) is 54.1 Å². The maximum Gasteiger partial charge on any atom is 0.310 e. The van der Waals surface area contributed by atoms with Crippen LogP contribution in [0.5, 0.6) is 5.75 Å². The van der Waals surface area contributed by atoms with E-state index in [2.05, 4.69) is 0 Å². The van der Waals surface area contributed by atoms with Gasteiger partial charge >= 0.3 is 5.97 Å². The normalized spacial score (nSPS) is 11.5. The Morgan fingerprint density at radius 3 is 2.50 bits per heavy atom. The van der Waals surface area contributed by atoms with Crippen LogP contribution in [0.4, 0.5) is 0 Å². The second-order valence-electron chi connectivity index (χ2n) is 9.38. The van der Waals surface area contributed by atoms with Gasteiger partial charge in [-0.05, 0) is 60.0 Å². The molecular formula is C31H29N3O5S. The van der Waals surface area contributed by atoms with Gasteiger partial charge in [0.05, 0.1) is 24.1 Å². The van der Waals surface area contributed by atoms with Gasteiger partial charge in [0.1, 0.15) is 12.4 Å². The zero-order valence-electron chi connectivity index (χ0n) is 22.2. The van der Waals surface area contributed by atoms with E-state index in [-0.39, 0.29) is 29.5 Å². The van der Waals surface area contributed by atoms with Gasteiger partial charge in [-0.2, -0.15) is 0 Å². The van der Waals surface area contributed by atoms with Crippen molar-refractivity contribution in [2.45, 2.75) is 31.4 Å². The molecule has 0 spiro atoms. The number of pyridine rings is 1. The summed E-state index contributed by atoms with van der Waals surface area (Å²) in [5.41, 5.74) is 11.0. The van der Waals surface area contributed by atoms with Crippen LogP contribution in [0.25, 0.3) is 22.2 Å². The third-order valence-corrected chi connectivity index (χ3v) is 8.32. The van der Waals surface area contributed by atoms with Crippen LogP contribution < -0.4 is 10.5 Å². The number of benzene rings is 3. The van der Waals surface area contributed by atoms with Gasteiger partial charge in [-0.15, -0.1) is 0 Å². The summed E-state index contributed by atoms with van der Waals surface area (Å²) in [4.78, 5) is 16.8. The Bertz CT molecular complexity index is 1790. The third-order valence-electron chi connectivity index (χ3n) is 6.64. The third kappa shape index (κ3) is 5.47. The lowest BCUT2D eigenvalue weighted by Crippen LogP contribution is -2.13. The fraction of sp³-hybridized carbons (Fsp3) is 0.161. The molecule has 0 aliphatic heterocycles. The van der Waals surface area contributed by atoms with E-state index in [0.717, 1.165) is 22.3 Å². The van der Waals surface area contributed by atoms with Crippen LogP contribution in [-0.2, 0) is 39.1 Å². The van der Waals surface area contributed by atoms with Gasteiger partial charge in [0.15, 0.2) is 5.65 Å². The Labute approximate surface area is 233 Å². The van der Waals surface area contributed by atoms with Gasteiger partial charge in [0.25, 0.3) is 10.0 Å². The summed E-state index contributed by atoms with van der Waals surface area (Å²) in [5.74, 6) is 0.140. The smallest absolute Gasteiger partial charge is 0.310 e. The quantitative estimate of drug-likeness (QED) is 0.255. The first-order chi connectivity index (χ1) is 19.3. The highest BCUT2D eigenvalue weighted by Crippen LogP contribution is 2.32. The van der Waals surface area contributed by atoms with Crippen LogP contribution in [0.1, 0.15) is 22.4 Å². The molecule has 0 saturated heterocycles. The SMILES string of the molecule is COC(=O)Cc1ccccc1OCc1cc(-c2cccc(CN)c2)c2ccn(S(=O)(=O)c3ccc(C)cc3)c2n1. The summed E-state index contributed by atoms with van der Waals surface area (Å²) < 4.78 is 39.5. The van der Waals surface area contributed by atoms with E-state index in [1.807, 2.05) is 49.4 Å². The molecule has 3 aromatic carbocycles. The molecule has 0 unspecified atom stereocenters. The van der Waals surface area contributed by atoms with E-state index in [0.29, 0.717) is 28.9 Å². The fourth-order valence-corrected chi connectivity index (χ4v) is 5.80. The van der Waals surface area contributed by atoms with Crippen LogP contribution in [0.3, 0.4) is 0 Å². The zero-order valence-corrected chi connectivity index (χ0v) is 23.0. The second-order valence-corrected chi connectivity index (χ2v) is 11.2. The molecule has 0 amide bonds. The highest BCUT2D eigenvalue weighted by atomic mass is 32.2. The summed E-state index contributed by atoms with van der Waals surface area (Å²) in [6.45, 7) is 2.33. The number of hydrogen-bond acceptors (Lipinski definition) is 7. The molecule has 0 aliphatic rings. The van der Waals surface area contributed by atoms with E-state index in [1.165, 1.54) is 17.3 Å². The first-order valence-electron chi connectivity index (χ1n) is 12.7. The number of carbonyl (C=O) groups is 1. The molecule has 2 heterocycles. The Kier molecular flexibility index (Phi) is 7.68. The van der Waals surface area contributed by atoms with Crippen molar-refractivity contribution >= 4 is 27.0 Å². The molecule has 5 rings (SSSR count). The van der Waals surface area contributed by atoms with Crippen molar-refractivity contribution in [2.24, 2.45) is 5.73 Å². The average molecular weight is 556 g/mol. The summed E-state index contributed by atoms with van der Waals surface area (Å²) in [6, 6.07) is 25.4. The molecule has 0 saturated carbocycles. The first-order valence-corrected chi connectivity index (χ1v) is 14.1. The number of ether oxygens (including phenoxy) is 2. The van der Waals surface area contributed by atoms with Crippen LogP contribution in [0.15, 0.2) is 96.0 Å². The highest BCUT2D eigenvalue weighted by molar-refractivity contribution is 7.90. The largest absolute Gasteiger partial charge is 0.487 e. The van der Waals surface area contributed by atoms with Crippen molar-refractivity contribution in [1.29, 1.82) is 0 Å². The second kappa shape index (κ2) is 11.3. The minimum Gasteiger partial charge on any atom is -0.487 e. The molecule has 0 bridgehead atoms. The van der Waals surface area contributed by atoms with Crippen molar-refractivity contribution in [2.75, 3.05) is 7.11 Å². The maximum absolute atomic E-state index is 13.7. The number of hydrogen-bond donors (Lipinski definition) is 1. The van der Waals surface area contributed by atoms with Crippen molar-refractivity contribution in [3.05, 3.63) is 114 Å². The van der Waals surface area contributed by atoms with E-state index in [1.54, 1.807) is 42.5 Å². The lowest BCUT2D eigenvalue weighted by atomic mass is 10.0. The van der Waals surface area contributed by atoms with Crippen LogP contribution in [-0.4, -0.2) is 30.5 Å². The molecule has 0 fully saturated rings. The standard InChI is InChI=1S/C31H29N3O5S/c1-21-10-12-26(13-11-21)40(36,37)34-15-14-27-28(23-8-5-6-22(16-23)19-32)18-25(33-31(27)34)20-39-29-9-4-3-7-24(29)17-30(35)38-2/h3-16,18H,17,19-20,32H2,1-2H3. The number of para-hydroxylation sites is 1. The van der Waals surface area contributed by atoms with Gasteiger partial charge in [0, 0.05) is 23.7 Å². The lowest BCUT2D eigenvalue weighted by Gasteiger charge is -2.14. The number of nitrogens with two attached hydrogens (primary N) is 1. The number of methoxy groups -OCH3 is 1. The van der Waals surface area contributed by atoms with E-state index in [9.17, 15) is 13.2 Å². The number of carbonyl (C=O) groups excluding carboxylic acids is 1. The predicted octanol–water partition coefficient (Wildman–Crippen LogP) is 5.00. The Hall–Kier alpha value is -4.47. The number of esters is 1. The molecule has 0 radical (unpaired) electrons. The average Bonchev–Trinajstić information content (AvgIpc) is 3.41. The molecule has 40 heavy (non-hydrogen) atoms. The predicted molar refractivity (Wildman–Crippen MR) is 153 cm³/mol. The molecule has 5 aromatic rings. The summed E-state index contributed by atoms with van der Waals surface area (Å²) in [5, 5.41) is 0.680. The molecule has 2 N–H and O–H groups in total. The summed E-state index contributed by atoms with van der Waals surface area (Å²) >= 11 is 0. The molecular weight excluding hydrogens is 526 g/mol. The first kappa shape index (κ1) is 27.1. The van der Waals surface area contributed by atoms with Crippen molar-refractivity contribution in [3.8, 4) is 16.9 Å². The van der Waals surface area contributed by atoms with Gasteiger partial charge in [-0.3, -0.25) is 4.79 Å². The fourth-order valence-electron chi connectivity index (χ4n) is 4.50. The minimum atomic E-state index is -3.92. The summed E-state index contributed by atoms with van der Waals surface area (Å²) in [6.07, 6.45) is 1.59. The zero-order chi connectivity index (χ0) is 28.3.